The van der Waals surface area contributed by atoms with Crippen LogP contribution in [0.4, 0.5) is 0 Å². The van der Waals surface area contributed by atoms with Crippen molar-refractivity contribution in [2.24, 2.45) is 4.99 Å². The SMILES string of the molecule is CCCCOc1ccc(C2C(C(=O)OC)=C(C)N=c3s/c(=C\c4ccc(OC)c(OC)c4)c(=O)n32)cc1OC. The lowest BCUT2D eigenvalue weighted by Crippen LogP contribution is -2.39. The monoisotopic (exact) mass is 552 g/mol. The Kier molecular flexibility index (Phi) is 8.75. The number of allylic oxidation sites excluding steroid dienone is 1. The average molecular weight is 553 g/mol. The Balaban J connectivity index is 1.88. The summed E-state index contributed by atoms with van der Waals surface area (Å²) < 4.78 is 29.3. The molecule has 2 aromatic carbocycles. The van der Waals surface area contributed by atoms with Crippen LogP contribution in [-0.4, -0.2) is 45.6 Å². The highest BCUT2D eigenvalue weighted by molar-refractivity contribution is 7.07. The minimum Gasteiger partial charge on any atom is -0.493 e. The zero-order valence-electron chi connectivity index (χ0n) is 22.9. The first kappa shape index (κ1) is 28.0. The number of hydrogen-bond acceptors (Lipinski definition) is 9. The Bertz CT molecular complexity index is 1590. The van der Waals surface area contributed by atoms with E-state index in [0.717, 1.165) is 18.4 Å². The molecule has 3 aromatic rings. The highest BCUT2D eigenvalue weighted by atomic mass is 32.1. The van der Waals surface area contributed by atoms with Crippen LogP contribution in [0.3, 0.4) is 0 Å². The Morgan fingerprint density at radius 1 is 1.00 bits per heavy atom. The quantitative estimate of drug-likeness (QED) is 0.280. The Morgan fingerprint density at radius 3 is 2.36 bits per heavy atom. The van der Waals surface area contributed by atoms with Gasteiger partial charge in [0.1, 0.15) is 0 Å². The lowest BCUT2D eigenvalue weighted by atomic mass is 9.95. The minimum absolute atomic E-state index is 0.282. The van der Waals surface area contributed by atoms with Crippen LogP contribution in [0, 0.1) is 0 Å². The van der Waals surface area contributed by atoms with Crippen LogP contribution in [0.2, 0.25) is 0 Å². The van der Waals surface area contributed by atoms with Gasteiger partial charge < -0.3 is 23.7 Å². The predicted octanol–water partition coefficient (Wildman–Crippen LogP) is 3.61. The number of unbranched alkanes of at least 4 members (excludes halogenated alkanes) is 1. The van der Waals surface area contributed by atoms with Gasteiger partial charge in [-0.15, -0.1) is 0 Å². The summed E-state index contributed by atoms with van der Waals surface area (Å²) >= 11 is 1.24. The number of rotatable bonds is 10. The van der Waals surface area contributed by atoms with Crippen molar-refractivity contribution >= 4 is 23.4 Å². The number of esters is 1. The molecular weight excluding hydrogens is 520 g/mol. The van der Waals surface area contributed by atoms with Crippen LogP contribution in [-0.2, 0) is 9.53 Å². The number of thiazole rings is 1. The van der Waals surface area contributed by atoms with E-state index in [1.165, 1.54) is 23.0 Å². The highest BCUT2D eigenvalue weighted by Gasteiger charge is 2.33. The number of nitrogens with zero attached hydrogens (tertiary/aromatic N) is 2. The summed E-state index contributed by atoms with van der Waals surface area (Å²) in [5, 5.41) is 0. The molecule has 206 valence electrons. The first-order valence-electron chi connectivity index (χ1n) is 12.5. The van der Waals surface area contributed by atoms with Gasteiger partial charge in [0.15, 0.2) is 27.8 Å². The number of fused-ring (bicyclic) bond motifs is 1. The van der Waals surface area contributed by atoms with Crippen LogP contribution in [0.15, 0.2) is 57.5 Å². The largest absolute Gasteiger partial charge is 0.493 e. The van der Waals surface area contributed by atoms with E-state index in [9.17, 15) is 9.59 Å². The second-order valence-corrected chi connectivity index (χ2v) is 9.81. The molecule has 2 heterocycles. The fourth-order valence-corrected chi connectivity index (χ4v) is 5.45. The maximum Gasteiger partial charge on any atom is 0.338 e. The van der Waals surface area contributed by atoms with Crippen molar-refractivity contribution in [3.63, 3.8) is 0 Å². The van der Waals surface area contributed by atoms with E-state index in [1.807, 2.05) is 12.1 Å². The molecule has 10 heteroatoms. The van der Waals surface area contributed by atoms with Crippen LogP contribution in [0.5, 0.6) is 23.0 Å². The summed E-state index contributed by atoms with van der Waals surface area (Å²) in [4.78, 5) is 31.9. The molecule has 1 unspecified atom stereocenters. The minimum atomic E-state index is -0.764. The molecule has 0 saturated carbocycles. The van der Waals surface area contributed by atoms with Crippen molar-refractivity contribution < 1.29 is 28.5 Å². The average Bonchev–Trinajstić information content (AvgIpc) is 3.25. The number of methoxy groups -OCH3 is 4. The van der Waals surface area contributed by atoms with Crippen LogP contribution >= 0.6 is 11.3 Å². The number of aromatic nitrogens is 1. The van der Waals surface area contributed by atoms with Gasteiger partial charge in [-0.25, -0.2) is 9.79 Å². The normalized spacial score (nSPS) is 14.9. The molecule has 1 atom stereocenters. The van der Waals surface area contributed by atoms with Crippen LogP contribution in [0.1, 0.15) is 43.9 Å². The highest BCUT2D eigenvalue weighted by Crippen LogP contribution is 2.36. The third kappa shape index (κ3) is 5.56. The van der Waals surface area contributed by atoms with Gasteiger partial charge >= 0.3 is 5.97 Å². The van der Waals surface area contributed by atoms with E-state index >= 15 is 0 Å². The summed E-state index contributed by atoms with van der Waals surface area (Å²) in [6, 6.07) is 10.1. The van der Waals surface area contributed by atoms with Crippen molar-refractivity contribution in [2.75, 3.05) is 35.0 Å². The molecule has 0 amide bonds. The van der Waals surface area contributed by atoms with E-state index < -0.39 is 12.0 Å². The summed E-state index contributed by atoms with van der Waals surface area (Å²) in [6.45, 7) is 4.39. The van der Waals surface area contributed by atoms with E-state index in [1.54, 1.807) is 58.6 Å². The van der Waals surface area contributed by atoms with Gasteiger partial charge in [0.2, 0.25) is 0 Å². The molecule has 39 heavy (non-hydrogen) atoms. The third-order valence-electron chi connectivity index (χ3n) is 6.39. The molecule has 1 aromatic heterocycles. The molecular formula is C29H32N2O7S. The van der Waals surface area contributed by atoms with Gasteiger partial charge in [0, 0.05) is 0 Å². The molecule has 0 spiro atoms. The molecule has 0 fully saturated rings. The molecule has 0 radical (unpaired) electrons. The summed E-state index contributed by atoms with van der Waals surface area (Å²) in [5.74, 6) is 1.68. The molecule has 0 aliphatic carbocycles. The zero-order chi connectivity index (χ0) is 28.1. The standard InChI is InChI=1S/C29H32N2O7S/c1-7-8-13-38-21-12-10-19(16-23(21)36-5)26-25(28(33)37-6)17(2)30-29-31(26)27(32)24(39-29)15-18-9-11-20(34-3)22(14-18)35-4/h9-12,14-16,26H,7-8,13H2,1-6H3/b24-15-. The van der Waals surface area contributed by atoms with Gasteiger partial charge in [0.25, 0.3) is 5.56 Å². The fourth-order valence-electron chi connectivity index (χ4n) is 4.40. The first-order valence-corrected chi connectivity index (χ1v) is 13.3. The van der Waals surface area contributed by atoms with E-state index in [2.05, 4.69) is 11.9 Å². The second kappa shape index (κ2) is 12.2. The topological polar surface area (TPSA) is 97.6 Å². The third-order valence-corrected chi connectivity index (χ3v) is 7.37. The Morgan fingerprint density at radius 2 is 1.69 bits per heavy atom. The summed E-state index contributed by atoms with van der Waals surface area (Å²) in [5.41, 5.74) is 1.91. The molecule has 4 rings (SSSR count). The van der Waals surface area contributed by atoms with Crippen LogP contribution < -0.4 is 33.8 Å². The Labute approximate surface area is 230 Å². The molecule has 0 N–H and O–H groups in total. The maximum atomic E-state index is 13.8. The van der Waals surface area contributed by atoms with Crippen molar-refractivity contribution in [1.82, 2.24) is 4.57 Å². The van der Waals surface area contributed by atoms with Crippen molar-refractivity contribution in [3.8, 4) is 23.0 Å². The van der Waals surface area contributed by atoms with Gasteiger partial charge in [-0.3, -0.25) is 9.36 Å². The first-order chi connectivity index (χ1) is 18.9. The van der Waals surface area contributed by atoms with Crippen molar-refractivity contribution in [3.05, 3.63) is 78.5 Å². The number of carbonyl (C=O) groups is 1. The van der Waals surface area contributed by atoms with Gasteiger partial charge in [0.05, 0.1) is 56.9 Å². The van der Waals surface area contributed by atoms with E-state index in [4.69, 9.17) is 23.7 Å². The zero-order valence-corrected chi connectivity index (χ0v) is 23.7. The molecule has 0 bridgehead atoms. The number of carbonyl (C=O) groups excluding carboxylic acids is 1. The van der Waals surface area contributed by atoms with Crippen LogP contribution in [0.25, 0.3) is 6.08 Å². The van der Waals surface area contributed by atoms with Crippen molar-refractivity contribution in [1.29, 1.82) is 0 Å². The van der Waals surface area contributed by atoms with Gasteiger partial charge in [-0.1, -0.05) is 36.8 Å². The van der Waals surface area contributed by atoms with Gasteiger partial charge in [-0.05, 0) is 54.8 Å². The number of benzene rings is 2. The second-order valence-electron chi connectivity index (χ2n) is 8.80. The number of hydrogen-bond donors (Lipinski definition) is 0. The van der Waals surface area contributed by atoms with E-state index in [-0.39, 0.29) is 11.1 Å². The lowest BCUT2D eigenvalue weighted by Gasteiger charge is -2.25. The molecule has 9 nitrogen and oxygen atoms in total. The Hall–Kier alpha value is -4.05. The summed E-state index contributed by atoms with van der Waals surface area (Å²) in [6.07, 6.45) is 3.69. The smallest absolute Gasteiger partial charge is 0.338 e. The molecule has 0 saturated heterocycles. The summed E-state index contributed by atoms with van der Waals surface area (Å²) in [7, 11) is 5.99. The van der Waals surface area contributed by atoms with Gasteiger partial charge in [-0.2, -0.15) is 0 Å². The van der Waals surface area contributed by atoms with Crippen molar-refractivity contribution in [2.45, 2.75) is 32.7 Å². The predicted molar refractivity (Wildman–Crippen MR) is 149 cm³/mol. The number of ether oxygens (including phenoxy) is 5. The molecule has 1 aliphatic heterocycles. The molecule has 1 aliphatic rings. The maximum absolute atomic E-state index is 13.8. The lowest BCUT2D eigenvalue weighted by molar-refractivity contribution is -0.136. The fraction of sp³-hybridized carbons (Fsp3) is 0.345. The van der Waals surface area contributed by atoms with E-state index in [0.29, 0.717) is 50.2 Å².